The fraction of sp³-hybridized carbons (Fsp3) is 0.0909. The number of rotatable bonds is 8. The van der Waals surface area contributed by atoms with Crippen LogP contribution in [0.5, 0.6) is 28.7 Å². The van der Waals surface area contributed by atoms with Crippen LogP contribution in [0.4, 0.5) is 14.9 Å². The number of halogens is 1. The van der Waals surface area contributed by atoms with Crippen LogP contribution in [0.2, 0.25) is 0 Å². The van der Waals surface area contributed by atoms with Gasteiger partial charge in [-0.05, 0) is 40.8 Å². The first-order chi connectivity index (χ1) is 17.5. The molecule has 36 heavy (non-hydrogen) atoms. The maximum atomic E-state index is 14.6. The Morgan fingerprint density at radius 3 is 2.56 bits per heavy atom. The van der Waals surface area contributed by atoms with Crippen molar-refractivity contribution in [1.29, 1.82) is 0 Å². The van der Waals surface area contributed by atoms with Crippen LogP contribution < -0.4 is 25.0 Å². The zero-order valence-corrected chi connectivity index (χ0v) is 18.9. The number of phenols is 1. The number of methoxy groups -OCH3 is 2. The van der Waals surface area contributed by atoms with Gasteiger partial charge in [0.1, 0.15) is 12.1 Å². The molecule has 0 fully saturated rings. The van der Waals surface area contributed by atoms with Gasteiger partial charge in [-0.25, -0.2) is 19.6 Å². The molecule has 0 aliphatic heterocycles. The van der Waals surface area contributed by atoms with Gasteiger partial charge >= 0.3 is 6.03 Å². The average molecular weight is 494 g/mol. The van der Waals surface area contributed by atoms with Crippen molar-refractivity contribution >= 4 is 17.9 Å². The third kappa shape index (κ3) is 5.61. The highest BCUT2D eigenvalue weighted by Gasteiger charge is 2.11. The molecule has 3 N–H and O–H groups in total. The Kier molecular flexibility index (Phi) is 7.14. The monoisotopic (exact) mass is 494 g/mol. The summed E-state index contributed by atoms with van der Waals surface area (Å²) >= 11 is 0. The molecule has 0 aliphatic carbocycles. The molecule has 14 heteroatoms. The molecule has 0 aliphatic rings. The van der Waals surface area contributed by atoms with Gasteiger partial charge in [0.25, 0.3) is 0 Å². The highest BCUT2D eigenvalue weighted by Crippen LogP contribution is 2.36. The number of anilines is 1. The minimum atomic E-state index is -0.711. The lowest BCUT2D eigenvalue weighted by Gasteiger charge is -2.10. The second kappa shape index (κ2) is 10.8. The van der Waals surface area contributed by atoms with Gasteiger partial charge in [0, 0.05) is 29.6 Å². The van der Waals surface area contributed by atoms with Crippen LogP contribution >= 0.6 is 0 Å². The summed E-state index contributed by atoms with van der Waals surface area (Å²) in [4.78, 5) is 16.3. The summed E-state index contributed by atoms with van der Waals surface area (Å²) in [6, 6.07) is 9.29. The number of urea groups is 1. The molecule has 0 unspecified atom stereocenters. The predicted octanol–water partition coefficient (Wildman–Crippen LogP) is 2.87. The Morgan fingerprint density at radius 1 is 1.11 bits per heavy atom. The third-order valence-electron chi connectivity index (χ3n) is 4.60. The number of aromatic nitrogens is 5. The highest BCUT2D eigenvalue weighted by molar-refractivity contribution is 5.90. The number of amides is 2. The molecular formula is C22H19FN8O5. The SMILES string of the molecule is COc1cc(/C=N/NC(=O)Nc2ccc(Oc3ccnc(-n4cnnn4)c3)c(F)c2)cc(OC)c1O. The molecule has 0 bridgehead atoms. The highest BCUT2D eigenvalue weighted by atomic mass is 19.1. The minimum Gasteiger partial charge on any atom is -0.502 e. The lowest BCUT2D eigenvalue weighted by molar-refractivity contribution is 0.252. The molecule has 184 valence electrons. The van der Waals surface area contributed by atoms with Crippen LogP contribution in [0.1, 0.15) is 5.56 Å². The number of carbonyl (C=O) groups is 1. The van der Waals surface area contributed by atoms with Crippen molar-refractivity contribution in [2.75, 3.05) is 19.5 Å². The van der Waals surface area contributed by atoms with E-state index in [0.717, 1.165) is 6.07 Å². The number of aromatic hydroxyl groups is 1. The van der Waals surface area contributed by atoms with Gasteiger partial charge in [-0.3, -0.25) is 0 Å². The van der Waals surface area contributed by atoms with Crippen molar-refractivity contribution in [1.82, 2.24) is 30.6 Å². The number of nitrogens with zero attached hydrogens (tertiary/aromatic N) is 6. The van der Waals surface area contributed by atoms with E-state index in [1.807, 2.05) is 0 Å². The Bertz CT molecular complexity index is 1370. The second-order valence-electron chi connectivity index (χ2n) is 6.95. The number of nitrogens with one attached hydrogen (secondary N) is 2. The Hall–Kier alpha value is -5.27. The number of benzene rings is 2. The number of hydrogen-bond donors (Lipinski definition) is 3. The summed E-state index contributed by atoms with van der Waals surface area (Å²) in [6.45, 7) is 0. The smallest absolute Gasteiger partial charge is 0.339 e. The first-order valence-corrected chi connectivity index (χ1v) is 10.2. The van der Waals surface area contributed by atoms with Crippen molar-refractivity contribution in [3.05, 3.63) is 66.4 Å². The molecule has 2 amide bonds. The maximum Gasteiger partial charge on any atom is 0.339 e. The summed E-state index contributed by atoms with van der Waals surface area (Å²) in [7, 11) is 2.78. The van der Waals surface area contributed by atoms with E-state index < -0.39 is 11.8 Å². The number of ether oxygens (including phenoxy) is 3. The molecule has 0 saturated carbocycles. The summed E-state index contributed by atoms with van der Waals surface area (Å²) in [5.74, 6) is 0.118. The topological polar surface area (TPSA) is 158 Å². The quantitative estimate of drug-likeness (QED) is 0.247. The van der Waals surface area contributed by atoms with E-state index in [9.17, 15) is 14.3 Å². The number of carbonyl (C=O) groups excluding carboxylic acids is 1. The van der Waals surface area contributed by atoms with Gasteiger partial charge in [0.2, 0.25) is 5.75 Å². The van der Waals surface area contributed by atoms with Crippen molar-refractivity contribution in [3.63, 3.8) is 0 Å². The standard InChI is InChI=1S/C22H19FN8O5/c1-34-18-7-13(8-19(35-2)21(18)32)11-25-28-22(33)27-14-3-4-17(16(23)9-14)36-15-5-6-24-20(10-15)31-12-26-29-30-31/h3-12,32H,1-2H3,(H2,27,28,33)/b25-11+. The molecule has 0 atom stereocenters. The van der Waals surface area contributed by atoms with E-state index in [4.69, 9.17) is 14.2 Å². The van der Waals surface area contributed by atoms with Gasteiger partial charge < -0.3 is 24.6 Å². The van der Waals surface area contributed by atoms with Crippen LogP contribution in [0.25, 0.3) is 5.82 Å². The molecule has 0 radical (unpaired) electrons. The van der Waals surface area contributed by atoms with Gasteiger partial charge in [0.05, 0.1) is 20.4 Å². The molecule has 0 spiro atoms. The molecule has 2 aromatic carbocycles. The maximum absolute atomic E-state index is 14.6. The molecule has 0 saturated heterocycles. The number of pyridine rings is 1. The van der Waals surface area contributed by atoms with Gasteiger partial charge in [0.15, 0.2) is 28.9 Å². The first kappa shape index (κ1) is 23.9. The van der Waals surface area contributed by atoms with Gasteiger partial charge in [-0.2, -0.15) is 9.78 Å². The predicted molar refractivity (Wildman–Crippen MR) is 124 cm³/mol. The van der Waals surface area contributed by atoms with E-state index in [1.165, 1.54) is 68.0 Å². The first-order valence-electron chi connectivity index (χ1n) is 10.2. The summed E-state index contributed by atoms with van der Waals surface area (Å²) in [6.07, 6.45) is 4.15. The van der Waals surface area contributed by atoms with Crippen molar-refractivity contribution in [3.8, 4) is 34.6 Å². The average Bonchev–Trinajstić information content (AvgIpc) is 3.42. The summed E-state index contributed by atoms with van der Waals surface area (Å²) < 4.78 is 31.6. The zero-order chi connectivity index (χ0) is 25.5. The van der Waals surface area contributed by atoms with E-state index in [-0.39, 0.29) is 28.7 Å². The number of hydrazone groups is 1. The van der Waals surface area contributed by atoms with Crippen molar-refractivity contribution in [2.24, 2.45) is 5.10 Å². The number of phenolic OH excluding ortho intramolecular Hbond substituents is 1. The minimum absolute atomic E-state index is 0.0666. The second-order valence-corrected chi connectivity index (χ2v) is 6.95. The molecule has 4 rings (SSSR count). The fourth-order valence-electron chi connectivity index (χ4n) is 2.96. The molecular weight excluding hydrogens is 475 g/mol. The van der Waals surface area contributed by atoms with E-state index in [2.05, 4.69) is 36.4 Å². The van der Waals surface area contributed by atoms with Crippen LogP contribution in [-0.4, -0.2) is 56.8 Å². The summed E-state index contributed by atoms with van der Waals surface area (Å²) in [5.41, 5.74) is 2.92. The van der Waals surface area contributed by atoms with Crippen molar-refractivity contribution < 1.29 is 28.5 Å². The van der Waals surface area contributed by atoms with Crippen LogP contribution in [0.3, 0.4) is 0 Å². The van der Waals surface area contributed by atoms with Gasteiger partial charge in [-0.15, -0.1) is 5.10 Å². The molecule has 2 aromatic heterocycles. The van der Waals surface area contributed by atoms with E-state index in [1.54, 1.807) is 6.07 Å². The third-order valence-corrected chi connectivity index (χ3v) is 4.60. The number of tetrazole rings is 1. The lowest BCUT2D eigenvalue weighted by atomic mass is 10.2. The van der Waals surface area contributed by atoms with E-state index in [0.29, 0.717) is 17.1 Å². The normalized spacial score (nSPS) is 10.8. The Morgan fingerprint density at radius 2 is 1.89 bits per heavy atom. The Labute approximate surface area is 203 Å². The lowest BCUT2D eigenvalue weighted by Crippen LogP contribution is -2.24. The van der Waals surface area contributed by atoms with Crippen LogP contribution in [-0.2, 0) is 0 Å². The van der Waals surface area contributed by atoms with Crippen LogP contribution in [0, 0.1) is 5.82 Å². The Balaban J connectivity index is 1.37. The zero-order valence-electron chi connectivity index (χ0n) is 18.9. The fourth-order valence-corrected chi connectivity index (χ4v) is 2.96. The van der Waals surface area contributed by atoms with Gasteiger partial charge in [-0.1, -0.05) is 0 Å². The molecule has 13 nitrogen and oxygen atoms in total. The largest absolute Gasteiger partial charge is 0.502 e. The van der Waals surface area contributed by atoms with Crippen molar-refractivity contribution in [2.45, 2.75) is 0 Å². The summed E-state index contributed by atoms with van der Waals surface area (Å²) in [5, 5.41) is 27.0. The van der Waals surface area contributed by atoms with Crippen LogP contribution in [0.15, 0.2) is 60.1 Å². The number of hydrogen-bond acceptors (Lipinski definition) is 10. The van der Waals surface area contributed by atoms with E-state index >= 15 is 0 Å². The molecule has 4 aromatic rings. The molecule has 2 heterocycles.